The minimum Gasteiger partial charge on any atom is -0.493 e. The number of aliphatic hydroxyl groups is 1. The molecule has 2 unspecified atom stereocenters. The maximum absolute atomic E-state index is 9.43. The van der Waals surface area contributed by atoms with E-state index >= 15 is 0 Å². The van der Waals surface area contributed by atoms with Crippen LogP contribution in [0.5, 0.6) is 5.75 Å². The highest BCUT2D eigenvalue weighted by Crippen LogP contribution is 2.41. The zero-order chi connectivity index (χ0) is 16.0. The number of benzene rings is 1. The van der Waals surface area contributed by atoms with E-state index in [1.165, 1.54) is 5.56 Å². The fourth-order valence-electron chi connectivity index (χ4n) is 2.84. The molecule has 0 aliphatic carbocycles. The number of hydrogen-bond donors (Lipinski definition) is 2. The van der Waals surface area contributed by atoms with Crippen LogP contribution in [0.3, 0.4) is 0 Å². The molecule has 0 bridgehead atoms. The summed E-state index contributed by atoms with van der Waals surface area (Å²) in [6, 6.07) is 1.96. The highest BCUT2D eigenvalue weighted by atomic mass is 35.5. The largest absolute Gasteiger partial charge is 0.493 e. The Morgan fingerprint density at radius 1 is 1.33 bits per heavy atom. The second-order valence-electron chi connectivity index (χ2n) is 5.60. The van der Waals surface area contributed by atoms with E-state index in [9.17, 15) is 5.11 Å². The van der Waals surface area contributed by atoms with Gasteiger partial charge in [0.1, 0.15) is 5.75 Å². The van der Waals surface area contributed by atoms with Gasteiger partial charge in [0.15, 0.2) is 0 Å². The van der Waals surface area contributed by atoms with Gasteiger partial charge in [-0.3, -0.25) is 0 Å². The van der Waals surface area contributed by atoms with Gasteiger partial charge >= 0.3 is 0 Å². The molecule has 21 heavy (non-hydrogen) atoms. The highest BCUT2D eigenvalue weighted by Gasteiger charge is 2.23. The molecule has 0 aliphatic heterocycles. The normalized spacial score (nSPS) is 14.0. The van der Waals surface area contributed by atoms with E-state index in [-0.39, 0.29) is 12.5 Å². The van der Waals surface area contributed by atoms with Gasteiger partial charge in [0.2, 0.25) is 0 Å². The van der Waals surface area contributed by atoms with Crippen LogP contribution in [0.15, 0.2) is 6.07 Å². The van der Waals surface area contributed by atoms with E-state index in [4.69, 9.17) is 22.1 Å². The van der Waals surface area contributed by atoms with Crippen LogP contribution in [0.25, 0.3) is 0 Å². The van der Waals surface area contributed by atoms with Crippen LogP contribution >= 0.6 is 11.6 Å². The highest BCUT2D eigenvalue weighted by molar-refractivity contribution is 6.31. The van der Waals surface area contributed by atoms with Gasteiger partial charge in [-0.2, -0.15) is 0 Å². The van der Waals surface area contributed by atoms with Gasteiger partial charge in [-0.05, 0) is 69.2 Å². The molecular weight excluding hydrogens is 286 g/mol. The molecule has 1 aromatic rings. The lowest BCUT2D eigenvalue weighted by molar-refractivity contribution is 0.213. The summed E-state index contributed by atoms with van der Waals surface area (Å²) >= 11 is 6.37. The average Bonchev–Trinajstić information content (AvgIpc) is 2.48. The smallest absolute Gasteiger partial charge is 0.126 e. The number of ether oxygens (including phenoxy) is 1. The molecule has 0 spiro atoms. The SMILES string of the molecule is CCOc1c(C)cc(Cl)c(C)c1C(CC)CC(CN)CO. The van der Waals surface area contributed by atoms with Crippen molar-refractivity contribution in [1.82, 2.24) is 0 Å². The van der Waals surface area contributed by atoms with Crippen molar-refractivity contribution in [3.05, 3.63) is 27.8 Å². The predicted molar refractivity (Wildman–Crippen MR) is 89.4 cm³/mol. The minimum absolute atomic E-state index is 0.114. The molecule has 0 heterocycles. The number of nitrogens with two attached hydrogens (primary N) is 1. The van der Waals surface area contributed by atoms with E-state index in [1.807, 2.05) is 26.8 Å². The van der Waals surface area contributed by atoms with E-state index in [1.54, 1.807) is 0 Å². The lowest BCUT2D eigenvalue weighted by Crippen LogP contribution is -2.21. The van der Waals surface area contributed by atoms with E-state index in [2.05, 4.69) is 6.92 Å². The molecule has 4 heteroatoms. The molecule has 0 saturated heterocycles. The molecule has 3 nitrogen and oxygen atoms in total. The summed E-state index contributed by atoms with van der Waals surface area (Å²) in [4.78, 5) is 0. The Hall–Kier alpha value is -0.770. The van der Waals surface area contributed by atoms with Crippen molar-refractivity contribution in [2.45, 2.75) is 46.5 Å². The molecule has 3 N–H and O–H groups in total. The molecule has 0 aromatic heterocycles. The third-order valence-electron chi connectivity index (χ3n) is 4.11. The van der Waals surface area contributed by atoms with Crippen LogP contribution in [-0.4, -0.2) is 24.9 Å². The van der Waals surface area contributed by atoms with E-state index in [0.717, 1.165) is 34.7 Å². The predicted octanol–water partition coefficient (Wildman–Crippen LogP) is 3.81. The first-order valence-electron chi connectivity index (χ1n) is 7.73. The summed E-state index contributed by atoms with van der Waals surface area (Å²) in [6.07, 6.45) is 1.82. The number of aryl methyl sites for hydroxylation is 1. The summed E-state index contributed by atoms with van der Waals surface area (Å²) in [6.45, 7) is 9.46. The van der Waals surface area contributed by atoms with Crippen molar-refractivity contribution in [1.29, 1.82) is 0 Å². The second-order valence-corrected chi connectivity index (χ2v) is 6.01. The molecule has 0 radical (unpaired) electrons. The maximum atomic E-state index is 9.43. The number of halogens is 1. The molecule has 0 saturated carbocycles. The van der Waals surface area contributed by atoms with Gasteiger partial charge in [-0.1, -0.05) is 18.5 Å². The summed E-state index contributed by atoms with van der Waals surface area (Å²) in [5.41, 5.74) is 9.06. The standard InChI is InChI=1S/C17H28ClNO2/c1-5-14(8-13(9-19)10-20)16-12(4)15(18)7-11(3)17(16)21-6-2/h7,13-14,20H,5-6,8-10,19H2,1-4H3. The fourth-order valence-corrected chi connectivity index (χ4v) is 3.10. The van der Waals surface area contributed by atoms with Crippen molar-refractivity contribution in [3.8, 4) is 5.75 Å². The molecular formula is C17H28ClNO2. The van der Waals surface area contributed by atoms with Crippen molar-refractivity contribution in [2.75, 3.05) is 19.8 Å². The molecule has 1 aromatic carbocycles. The maximum Gasteiger partial charge on any atom is 0.126 e. The molecule has 120 valence electrons. The zero-order valence-electron chi connectivity index (χ0n) is 13.6. The first kappa shape index (κ1) is 18.3. The van der Waals surface area contributed by atoms with Gasteiger partial charge in [0, 0.05) is 17.2 Å². The second kappa shape index (κ2) is 8.62. The Kier molecular flexibility index (Phi) is 7.50. The zero-order valence-corrected chi connectivity index (χ0v) is 14.3. The van der Waals surface area contributed by atoms with Crippen LogP contribution in [0.1, 0.15) is 49.3 Å². The van der Waals surface area contributed by atoms with Crippen molar-refractivity contribution in [3.63, 3.8) is 0 Å². The monoisotopic (exact) mass is 313 g/mol. The summed E-state index contributed by atoms with van der Waals surface area (Å²) < 4.78 is 5.88. The number of rotatable bonds is 8. The molecule has 0 aliphatic rings. The van der Waals surface area contributed by atoms with Crippen LogP contribution in [0, 0.1) is 19.8 Å². The Morgan fingerprint density at radius 3 is 2.48 bits per heavy atom. The molecule has 1 rings (SSSR count). The molecule has 0 fully saturated rings. The number of aliphatic hydroxyl groups excluding tert-OH is 1. The third-order valence-corrected chi connectivity index (χ3v) is 4.50. The Morgan fingerprint density at radius 2 is 2.00 bits per heavy atom. The lowest BCUT2D eigenvalue weighted by Gasteiger charge is -2.26. The van der Waals surface area contributed by atoms with Crippen LogP contribution in [0.4, 0.5) is 0 Å². The minimum atomic E-state index is 0.114. The van der Waals surface area contributed by atoms with Gasteiger partial charge in [-0.15, -0.1) is 0 Å². The van der Waals surface area contributed by atoms with Gasteiger partial charge < -0.3 is 15.6 Å². The van der Waals surface area contributed by atoms with Crippen LogP contribution in [0.2, 0.25) is 5.02 Å². The quantitative estimate of drug-likeness (QED) is 0.767. The van der Waals surface area contributed by atoms with Crippen molar-refractivity contribution in [2.24, 2.45) is 11.7 Å². The van der Waals surface area contributed by atoms with Crippen molar-refractivity contribution >= 4 is 11.6 Å². The van der Waals surface area contributed by atoms with Crippen LogP contribution in [-0.2, 0) is 0 Å². The van der Waals surface area contributed by atoms with Gasteiger partial charge in [0.05, 0.1) is 6.61 Å². The fraction of sp³-hybridized carbons (Fsp3) is 0.647. The van der Waals surface area contributed by atoms with Gasteiger partial charge in [0.25, 0.3) is 0 Å². The number of hydrogen-bond acceptors (Lipinski definition) is 3. The average molecular weight is 314 g/mol. The Labute approximate surface area is 133 Å². The summed E-state index contributed by atoms with van der Waals surface area (Å²) in [5.74, 6) is 1.35. The van der Waals surface area contributed by atoms with Crippen LogP contribution < -0.4 is 10.5 Å². The first-order valence-corrected chi connectivity index (χ1v) is 8.11. The van der Waals surface area contributed by atoms with E-state index in [0.29, 0.717) is 19.1 Å². The summed E-state index contributed by atoms with van der Waals surface area (Å²) in [7, 11) is 0. The lowest BCUT2D eigenvalue weighted by atomic mass is 9.83. The van der Waals surface area contributed by atoms with E-state index < -0.39 is 0 Å². The molecule has 0 amide bonds. The topological polar surface area (TPSA) is 55.5 Å². The van der Waals surface area contributed by atoms with Gasteiger partial charge in [-0.25, -0.2) is 0 Å². The molecule has 2 atom stereocenters. The van der Waals surface area contributed by atoms with Crippen molar-refractivity contribution < 1.29 is 9.84 Å². The Balaban J connectivity index is 3.28. The third kappa shape index (κ3) is 4.35. The summed E-state index contributed by atoms with van der Waals surface area (Å²) in [5, 5.41) is 10.2. The first-order chi connectivity index (χ1) is 9.99. The Bertz CT molecular complexity index is 459.